The second-order valence-electron chi connectivity index (χ2n) is 5.66. The molecular formula is C15H16N2O3. The van der Waals surface area contributed by atoms with E-state index in [-0.39, 0.29) is 11.8 Å². The van der Waals surface area contributed by atoms with E-state index in [1.165, 1.54) is 16.0 Å². The number of nitrogens with one attached hydrogen (secondary N) is 1. The number of nitrogens with zero attached hydrogens (tertiary/aromatic N) is 1. The van der Waals surface area contributed by atoms with Gasteiger partial charge in [-0.3, -0.25) is 14.5 Å². The summed E-state index contributed by atoms with van der Waals surface area (Å²) in [5, 5.41) is 3.29. The van der Waals surface area contributed by atoms with E-state index in [2.05, 4.69) is 17.4 Å². The van der Waals surface area contributed by atoms with Crippen molar-refractivity contribution < 1.29 is 14.3 Å². The van der Waals surface area contributed by atoms with Crippen LogP contribution < -0.4 is 5.32 Å². The third kappa shape index (κ3) is 1.77. The minimum Gasteiger partial charge on any atom is -0.355 e. The molecular weight excluding hydrogens is 256 g/mol. The van der Waals surface area contributed by atoms with Crippen molar-refractivity contribution in [3.8, 4) is 0 Å². The van der Waals surface area contributed by atoms with Crippen molar-refractivity contribution in [2.75, 3.05) is 0 Å². The molecule has 5 nitrogen and oxygen atoms in total. The molecule has 0 aromatic heterocycles. The van der Waals surface area contributed by atoms with Crippen molar-refractivity contribution in [2.24, 2.45) is 0 Å². The first-order valence-electron chi connectivity index (χ1n) is 7.04. The molecule has 0 radical (unpaired) electrons. The van der Waals surface area contributed by atoms with Gasteiger partial charge in [-0.15, -0.1) is 0 Å². The van der Waals surface area contributed by atoms with Gasteiger partial charge in [-0.25, -0.2) is 0 Å². The van der Waals surface area contributed by atoms with Crippen LogP contribution in [-0.2, 0) is 34.0 Å². The van der Waals surface area contributed by atoms with E-state index >= 15 is 0 Å². The Kier molecular flexibility index (Phi) is 2.65. The molecule has 3 aliphatic rings. The van der Waals surface area contributed by atoms with Gasteiger partial charge in [-0.05, 0) is 29.5 Å². The fourth-order valence-electron chi connectivity index (χ4n) is 3.24. The van der Waals surface area contributed by atoms with Gasteiger partial charge in [0.1, 0.15) is 12.2 Å². The second kappa shape index (κ2) is 4.40. The van der Waals surface area contributed by atoms with E-state index < -0.39 is 12.2 Å². The van der Waals surface area contributed by atoms with E-state index in [0.29, 0.717) is 19.4 Å². The van der Waals surface area contributed by atoms with Crippen LogP contribution in [0.2, 0.25) is 0 Å². The largest absolute Gasteiger partial charge is 0.355 e. The summed E-state index contributed by atoms with van der Waals surface area (Å²) in [4.78, 5) is 25.8. The number of benzene rings is 1. The topological polar surface area (TPSA) is 58.6 Å². The molecule has 0 aliphatic carbocycles. The Morgan fingerprint density at radius 3 is 2.55 bits per heavy atom. The summed E-state index contributed by atoms with van der Waals surface area (Å²) in [5.41, 5.74) is 3.57. The number of morpholine rings is 1. The van der Waals surface area contributed by atoms with Gasteiger partial charge >= 0.3 is 0 Å². The number of hydrogen-bond acceptors (Lipinski definition) is 4. The van der Waals surface area contributed by atoms with E-state index in [1.807, 2.05) is 6.07 Å². The van der Waals surface area contributed by atoms with Gasteiger partial charge in [0, 0.05) is 13.1 Å². The molecule has 2 unspecified atom stereocenters. The highest BCUT2D eigenvalue weighted by molar-refractivity contribution is 6.02. The number of amides is 2. The molecule has 1 aromatic rings. The van der Waals surface area contributed by atoms with Crippen molar-refractivity contribution in [3.05, 3.63) is 34.9 Å². The number of ether oxygens (including phenoxy) is 1. The number of fused-ring (bicyclic) bond motifs is 3. The van der Waals surface area contributed by atoms with Crippen LogP contribution >= 0.6 is 0 Å². The minimum absolute atomic E-state index is 0.178. The molecule has 2 amide bonds. The molecule has 3 aliphatic heterocycles. The third-order valence-electron chi connectivity index (χ3n) is 4.34. The van der Waals surface area contributed by atoms with Crippen LogP contribution in [0.5, 0.6) is 0 Å². The Morgan fingerprint density at radius 2 is 1.80 bits per heavy atom. The van der Waals surface area contributed by atoms with Crippen LogP contribution in [0.3, 0.4) is 0 Å². The summed E-state index contributed by atoms with van der Waals surface area (Å²) in [6.45, 7) is 2.12. The van der Waals surface area contributed by atoms with Crippen LogP contribution in [-0.4, -0.2) is 28.9 Å². The lowest BCUT2D eigenvalue weighted by Gasteiger charge is -2.30. The van der Waals surface area contributed by atoms with Gasteiger partial charge in [0.05, 0.1) is 6.54 Å². The first-order valence-corrected chi connectivity index (χ1v) is 7.04. The van der Waals surface area contributed by atoms with Crippen LogP contribution in [0.15, 0.2) is 18.2 Å². The van der Waals surface area contributed by atoms with Crippen LogP contribution in [0.4, 0.5) is 0 Å². The number of hydrogen-bond donors (Lipinski definition) is 1. The van der Waals surface area contributed by atoms with Crippen molar-refractivity contribution in [1.82, 2.24) is 10.2 Å². The molecule has 2 saturated heterocycles. The minimum atomic E-state index is -0.409. The number of imide groups is 1. The van der Waals surface area contributed by atoms with E-state index in [1.54, 1.807) is 0 Å². The summed E-state index contributed by atoms with van der Waals surface area (Å²) in [6, 6.07) is 6.17. The maximum atomic E-state index is 12.2. The molecule has 3 heterocycles. The normalized spacial score (nSPS) is 28.1. The maximum absolute atomic E-state index is 12.2. The molecule has 1 N–H and O–H groups in total. The molecule has 0 saturated carbocycles. The quantitative estimate of drug-likeness (QED) is 0.805. The zero-order valence-corrected chi connectivity index (χ0v) is 11.1. The highest BCUT2D eigenvalue weighted by Crippen LogP contribution is 2.29. The lowest BCUT2D eigenvalue weighted by Crippen LogP contribution is -2.51. The molecule has 2 bridgehead atoms. The lowest BCUT2D eigenvalue weighted by molar-refractivity contribution is -0.169. The molecule has 104 valence electrons. The SMILES string of the molecule is O=C1C2CCC(O2)C(=O)N1Cc1ccc2c(c1)CNC2. The smallest absolute Gasteiger partial charge is 0.258 e. The Balaban J connectivity index is 1.59. The van der Waals surface area contributed by atoms with E-state index in [4.69, 9.17) is 4.74 Å². The summed E-state index contributed by atoms with van der Waals surface area (Å²) in [6.07, 6.45) is 0.516. The van der Waals surface area contributed by atoms with Gasteiger partial charge in [0.15, 0.2) is 0 Å². The van der Waals surface area contributed by atoms with Crippen molar-refractivity contribution in [1.29, 1.82) is 0 Å². The standard InChI is InChI=1S/C15H16N2O3/c18-14-12-3-4-13(20-12)15(19)17(14)8-9-1-2-10-6-16-7-11(10)5-9/h1-2,5,12-13,16H,3-4,6-8H2. The average Bonchev–Trinajstić information content (AvgIpc) is 3.08. The molecule has 1 aromatic carbocycles. The first kappa shape index (κ1) is 12.1. The number of carbonyl (C=O) groups excluding carboxylic acids is 2. The van der Waals surface area contributed by atoms with Crippen LogP contribution in [0.25, 0.3) is 0 Å². The maximum Gasteiger partial charge on any atom is 0.258 e. The summed E-state index contributed by atoms with van der Waals surface area (Å²) in [5.74, 6) is -0.357. The second-order valence-corrected chi connectivity index (χ2v) is 5.66. The number of carbonyl (C=O) groups is 2. The van der Waals surface area contributed by atoms with Gasteiger partial charge in [0.2, 0.25) is 0 Å². The number of likely N-dealkylation sites (tertiary alicyclic amines) is 1. The van der Waals surface area contributed by atoms with Gasteiger partial charge < -0.3 is 10.1 Å². The van der Waals surface area contributed by atoms with Crippen molar-refractivity contribution in [3.63, 3.8) is 0 Å². The Hall–Kier alpha value is -1.72. The molecule has 5 heteroatoms. The zero-order valence-electron chi connectivity index (χ0n) is 11.1. The molecule has 0 spiro atoms. The fourth-order valence-corrected chi connectivity index (χ4v) is 3.24. The third-order valence-corrected chi connectivity index (χ3v) is 4.34. The molecule has 2 atom stereocenters. The van der Waals surface area contributed by atoms with E-state index in [9.17, 15) is 9.59 Å². The van der Waals surface area contributed by atoms with Gasteiger partial charge in [-0.1, -0.05) is 18.2 Å². The lowest BCUT2D eigenvalue weighted by atomic mass is 10.1. The highest BCUT2D eigenvalue weighted by Gasteiger charge is 2.46. The molecule has 2 fully saturated rings. The molecule has 4 rings (SSSR count). The highest BCUT2D eigenvalue weighted by atomic mass is 16.5. The zero-order chi connectivity index (χ0) is 13.7. The van der Waals surface area contributed by atoms with Gasteiger partial charge in [0.25, 0.3) is 11.8 Å². The Labute approximate surface area is 116 Å². The average molecular weight is 272 g/mol. The predicted octanol–water partition coefficient (Wildman–Crippen LogP) is 0.706. The van der Waals surface area contributed by atoms with Crippen LogP contribution in [0.1, 0.15) is 29.5 Å². The number of rotatable bonds is 2. The fraction of sp³-hybridized carbons (Fsp3) is 0.467. The molecule has 20 heavy (non-hydrogen) atoms. The van der Waals surface area contributed by atoms with Gasteiger partial charge in [-0.2, -0.15) is 0 Å². The van der Waals surface area contributed by atoms with E-state index in [0.717, 1.165) is 18.7 Å². The summed E-state index contributed by atoms with van der Waals surface area (Å²) >= 11 is 0. The predicted molar refractivity (Wildman–Crippen MR) is 70.4 cm³/mol. The Morgan fingerprint density at radius 1 is 1.10 bits per heavy atom. The summed E-state index contributed by atoms with van der Waals surface area (Å²) < 4.78 is 5.41. The Bertz CT molecular complexity index is 577. The summed E-state index contributed by atoms with van der Waals surface area (Å²) in [7, 11) is 0. The van der Waals surface area contributed by atoms with Crippen LogP contribution in [0, 0.1) is 0 Å². The monoisotopic (exact) mass is 272 g/mol. The first-order chi connectivity index (χ1) is 9.72. The van der Waals surface area contributed by atoms with Crippen molar-refractivity contribution in [2.45, 2.75) is 44.7 Å². The van der Waals surface area contributed by atoms with Crippen molar-refractivity contribution >= 4 is 11.8 Å².